The molecule has 0 unspecified atom stereocenters. The van der Waals surface area contributed by atoms with E-state index in [2.05, 4.69) is 15.5 Å². The van der Waals surface area contributed by atoms with E-state index >= 15 is 0 Å². The lowest BCUT2D eigenvalue weighted by atomic mass is 10.1. The minimum absolute atomic E-state index is 0.0238. The quantitative estimate of drug-likeness (QED) is 0.697. The highest BCUT2D eigenvalue weighted by atomic mass is 32.1. The topological polar surface area (TPSA) is 82.9 Å². The Hall–Kier alpha value is -1.51. The maximum Gasteiger partial charge on any atom is 0.221 e. The van der Waals surface area contributed by atoms with Crippen LogP contribution in [0, 0.1) is 10.7 Å². The number of aromatic amines is 1. The number of nitrogens with zero attached hydrogens (tertiary/aromatic N) is 2. The Morgan fingerprint density at radius 1 is 1.57 bits per heavy atom. The number of rotatable bonds is 6. The number of carbonyl (C=O) groups is 1. The number of hydrogen-bond donors (Lipinski definition) is 3. The summed E-state index contributed by atoms with van der Waals surface area (Å²) >= 11 is 6.84. The molecule has 124 valence electrons. The molecular weight excluding hydrogens is 332 g/mol. The lowest BCUT2D eigenvalue weighted by Crippen LogP contribution is -2.32. The fourth-order valence-electron chi connectivity index (χ4n) is 2.92. The molecule has 0 bridgehead atoms. The number of thiophene rings is 1. The van der Waals surface area contributed by atoms with Crippen molar-refractivity contribution < 1.29 is 9.90 Å². The molecule has 6 nitrogen and oxygen atoms in total. The largest absolute Gasteiger partial charge is 0.393 e. The van der Waals surface area contributed by atoms with Gasteiger partial charge >= 0.3 is 0 Å². The highest BCUT2D eigenvalue weighted by Crippen LogP contribution is 2.25. The van der Waals surface area contributed by atoms with Crippen LogP contribution in [0.5, 0.6) is 0 Å². The Kier molecular flexibility index (Phi) is 5.24. The van der Waals surface area contributed by atoms with E-state index in [1.54, 1.807) is 11.3 Å². The van der Waals surface area contributed by atoms with Crippen molar-refractivity contribution in [2.45, 2.75) is 38.3 Å². The summed E-state index contributed by atoms with van der Waals surface area (Å²) in [7, 11) is 0. The van der Waals surface area contributed by atoms with Gasteiger partial charge in [0, 0.05) is 25.4 Å². The van der Waals surface area contributed by atoms with Crippen molar-refractivity contribution in [2.24, 2.45) is 5.92 Å². The zero-order chi connectivity index (χ0) is 16.2. The minimum Gasteiger partial charge on any atom is -0.393 e. The predicted octanol–water partition coefficient (Wildman–Crippen LogP) is 2.34. The van der Waals surface area contributed by atoms with Crippen LogP contribution in [0.3, 0.4) is 0 Å². The van der Waals surface area contributed by atoms with Gasteiger partial charge in [0.2, 0.25) is 5.91 Å². The van der Waals surface area contributed by atoms with Crippen LogP contribution in [0.2, 0.25) is 0 Å². The van der Waals surface area contributed by atoms with Crippen molar-refractivity contribution in [3.8, 4) is 10.7 Å². The third-order valence-corrected chi connectivity index (χ3v) is 5.42. The van der Waals surface area contributed by atoms with Crippen molar-refractivity contribution in [1.82, 2.24) is 20.1 Å². The summed E-state index contributed by atoms with van der Waals surface area (Å²) in [6, 6.07) is 3.94. The van der Waals surface area contributed by atoms with Crippen LogP contribution in [0.25, 0.3) is 10.7 Å². The van der Waals surface area contributed by atoms with Crippen LogP contribution < -0.4 is 5.32 Å². The van der Waals surface area contributed by atoms with E-state index in [0.717, 1.165) is 30.0 Å². The Morgan fingerprint density at radius 2 is 2.43 bits per heavy atom. The fraction of sp³-hybridized carbons (Fsp3) is 0.533. The zero-order valence-electron chi connectivity index (χ0n) is 12.7. The van der Waals surface area contributed by atoms with Gasteiger partial charge in [0.25, 0.3) is 0 Å². The molecule has 2 aromatic rings. The monoisotopic (exact) mass is 352 g/mol. The lowest BCUT2D eigenvalue weighted by Gasteiger charge is -2.15. The average molecular weight is 352 g/mol. The van der Waals surface area contributed by atoms with Crippen LogP contribution in [-0.2, 0) is 11.3 Å². The molecule has 1 aliphatic carbocycles. The molecule has 3 rings (SSSR count). The number of aliphatic hydroxyl groups excluding tert-OH is 1. The van der Waals surface area contributed by atoms with Gasteiger partial charge in [-0.25, -0.2) is 0 Å². The molecule has 0 spiro atoms. The van der Waals surface area contributed by atoms with Gasteiger partial charge in [-0.3, -0.25) is 14.5 Å². The lowest BCUT2D eigenvalue weighted by molar-refractivity contribution is -0.121. The average Bonchev–Trinajstić information content (AvgIpc) is 3.25. The fourth-order valence-corrected chi connectivity index (χ4v) is 3.87. The van der Waals surface area contributed by atoms with Gasteiger partial charge < -0.3 is 10.4 Å². The van der Waals surface area contributed by atoms with Crippen molar-refractivity contribution in [3.63, 3.8) is 0 Å². The summed E-state index contributed by atoms with van der Waals surface area (Å²) in [6.45, 7) is 1.04. The molecule has 0 saturated heterocycles. The SMILES string of the molecule is O=C(CCn1c(-c2cccs2)n[nH]c1=S)NC[C@H]1CCC[C@H]1O. The summed E-state index contributed by atoms with van der Waals surface area (Å²) in [5, 5.41) is 21.7. The zero-order valence-corrected chi connectivity index (χ0v) is 14.3. The first-order valence-corrected chi connectivity index (χ1v) is 9.08. The van der Waals surface area contributed by atoms with E-state index < -0.39 is 0 Å². The molecule has 23 heavy (non-hydrogen) atoms. The van der Waals surface area contributed by atoms with Crippen LogP contribution in [0.4, 0.5) is 0 Å². The highest BCUT2D eigenvalue weighted by Gasteiger charge is 2.25. The Bertz CT molecular complexity index is 707. The van der Waals surface area contributed by atoms with Crippen molar-refractivity contribution in [1.29, 1.82) is 0 Å². The maximum absolute atomic E-state index is 12.0. The van der Waals surface area contributed by atoms with Gasteiger partial charge in [-0.1, -0.05) is 12.5 Å². The Morgan fingerprint density at radius 3 is 3.13 bits per heavy atom. The van der Waals surface area contributed by atoms with Gasteiger partial charge in [0.15, 0.2) is 10.6 Å². The van der Waals surface area contributed by atoms with E-state index in [1.165, 1.54) is 0 Å². The van der Waals surface area contributed by atoms with Crippen LogP contribution >= 0.6 is 23.6 Å². The van der Waals surface area contributed by atoms with E-state index in [-0.39, 0.29) is 17.9 Å². The van der Waals surface area contributed by atoms with Crippen molar-refractivity contribution in [2.75, 3.05) is 6.54 Å². The smallest absolute Gasteiger partial charge is 0.221 e. The molecule has 2 aromatic heterocycles. The first-order chi connectivity index (χ1) is 11.1. The van der Waals surface area contributed by atoms with Crippen LogP contribution in [0.1, 0.15) is 25.7 Å². The molecule has 2 heterocycles. The molecule has 1 amide bonds. The molecule has 0 radical (unpaired) electrons. The summed E-state index contributed by atoms with van der Waals surface area (Å²) in [5.41, 5.74) is 0. The second-order valence-corrected chi connectivity index (χ2v) is 7.13. The summed E-state index contributed by atoms with van der Waals surface area (Å²) in [4.78, 5) is 13.1. The summed E-state index contributed by atoms with van der Waals surface area (Å²) in [6.07, 6.45) is 2.93. The summed E-state index contributed by atoms with van der Waals surface area (Å²) < 4.78 is 2.37. The number of amides is 1. The molecular formula is C15H20N4O2S2. The molecule has 0 aromatic carbocycles. The maximum atomic E-state index is 12.0. The van der Waals surface area contributed by atoms with Crippen LogP contribution in [-0.4, -0.2) is 38.4 Å². The second kappa shape index (κ2) is 7.37. The number of aromatic nitrogens is 3. The number of hydrogen-bond acceptors (Lipinski definition) is 5. The molecule has 0 aliphatic heterocycles. The molecule has 1 saturated carbocycles. The molecule has 1 aliphatic rings. The van der Waals surface area contributed by atoms with Gasteiger partial charge in [-0.2, -0.15) is 5.10 Å². The normalized spacial score (nSPS) is 20.7. The van der Waals surface area contributed by atoms with Crippen molar-refractivity contribution >= 4 is 29.5 Å². The van der Waals surface area contributed by atoms with E-state index in [9.17, 15) is 9.90 Å². The third kappa shape index (κ3) is 3.88. The molecule has 8 heteroatoms. The molecule has 3 N–H and O–H groups in total. The Balaban J connectivity index is 1.55. The van der Waals surface area contributed by atoms with Crippen molar-refractivity contribution in [3.05, 3.63) is 22.3 Å². The number of nitrogens with one attached hydrogen (secondary N) is 2. The van der Waals surface area contributed by atoms with Gasteiger partial charge in [0.1, 0.15) is 0 Å². The third-order valence-electron chi connectivity index (χ3n) is 4.24. The number of aliphatic hydroxyl groups is 1. The molecule has 2 atom stereocenters. The predicted molar refractivity (Wildman–Crippen MR) is 91.7 cm³/mol. The van der Waals surface area contributed by atoms with E-state index in [0.29, 0.717) is 24.3 Å². The first kappa shape index (κ1) is 16.4. The first-order valence-electron chi connectivity index (χ1n) is 7.79. The standard InChI is InChI=1S/C15H20N4O2S2/c20-11-4-1-3-10(11)9-16-13(21)6-7-19-14(17-18-15(19)22)12-5-2-8-23-12/h2,5,8,10-11,20H,1,3-4,6-7,9H2,(H,16,21)(H,18,22)/t10-,11-/m1/s1. The van der Waals surface area contributed by atoms with Gasteiger partial charge in [-0.15, -0.1) is 11.3 Å². The minimum atomic E-state index is -0.275. The number of carbonyl (C=O) groups excluding carboxylic acids is 1. The number of H-pyrrole nitrogens is 1. The Labute approximate surface area is 143 Å². The molecule has 1 fully saturated rings. The second-order valence-electron chi connectivity index (χ2n) is 5.79. The van der Waals surface area contributed by atoms with Gasteiger partial charge in [-0.05, 0) is 36.5 Å². The summed E-state index contributed by atoms with van der Waals surface area (Å²) in [5.74, 6) is 0.935. The highest BCUT2D eigenvalue weighted by molar-refractivity contribution is 7.71. The van der Waals surface area contributed by atoms with E-state index in [1.807, 2.05) is 22.1 Å². The van der Waals surface area contributed by atoms with Gasteiger partial charge in [0.05, 0.1) is 11.0 Å². The van der Waals surface area contributed by atoms with Crippen LogP contribution in [0.15, 0.2) is 17.5 Å². The van der Waals surface area contributed by atoms with E-state index in [4.69, 9.17) is 12.2 Å².